The fourth-order valence-corrected chi connectivity index (χ4v) is 2.13. The van der Waals surface area contributed by atoms with Gasteiger partial charge in [0.25, 0.3) is 0 Å². The van der Waals surface area contributed by atoms with Gasteiger partial charge in [0.1, 0.15) is 5.84 Å². The molecule has 4 heteroatoms. The number of hydrogen-bond acceptors (Lipinski definition) is 3. The van der Waals surface area contributed by atoms with Gasteiger partial charge in [-0.05, 0) is 38.5 Å². The van der Waals surface area contributed by atoms with Gasteiger partial charge >= 0.3 is 0 Å². The number of benzene rings is 1. The van der Waals surface area contributed by atoms with Crippen molar-refractivity contribution in [1.29, 1.82) is 5.26 Å². The molecule has 0 fully saturated rings. The summed E-state index contributed by atoms with van der Waals surface area (Å²) >= 11 is 0. The van der Waals surface area contributed by atoms with Gasteiger partial charge in [0.15, 0.2) is 0 Å². The molecule has 0 aromatic heterocycles. The lowest BCUT2D eigenvalue weighted by atomic mass is 10.0. The van der Waals surface area contributed by atoms with Crippen LogP contribution in [0.1, 0.15) is 37.9 Å². The molecular weight excluding hydrogens is 248 g/mol. The molecule has 1 aromatic carbocycles. The van der Waals surface area contributed by atoms with Gasteiger partial charge in [-0.3, -0.25) is 4.99 Å². The van der Waals surface area contributed by atoms with E-state index in [9.17, 15) is 0 Å². The van der Waals surface area contributed by atoms with Gasteiger partial charge in [0.2, 0.25) is 0 Å². The third-order valence-electron chi connectivity index (χ3n) is 3.39. The highest BCUT2D eigenvalue weighted by Crippen LogP contribution is 2.20. The van der Waals surface area contributed by atoms with Crippen molar-refractivity contribution in [2.45, 2.75) is 32.9 Å². The lowest BCUT2D eigenvalue weighted by molar-refractivity contribution is 0.300. The van der Waals surface area contributed by atoms with E-state index in [2.05, 4.69) is 41.3 Å². The first-order chi connectivity index (χ1) is 9.61. The summed E-state index contributed by atoms with van der Waals surface area (Å²) in [5, 5.41) is 12.4. The third kappa shape index (κ3) is 3.18. The van der Waals surface area contributed by atoms with Gasteiger partial charge in [-0.15, -0.1) is 0 Å². The molecule has 1 aliphatic rings. The highest BCUT2D eigenvalue weighted by atomic mass is 15.3. The first kappa shape index (κ1) is 14.1. The predicted molar refractivity (Wildman–Crippen MR) is 81.1 cm³/mol. The van der Waals surface area contributed by atoms with Crippen LogP contribution < -0.4 is 5.32 Å². The quantitative estimate of drug-likeness (QED) is 0.917. The topological polar surface area (TPSA) is 51.4 Å². The summed E-state index contributed by atoms with van der Waals surface area (Å²) in [5.41, 5.74) is 1.65. The molecule has 1 aromatic rings. The molecule has 0 saturated carbocycles. The van der Waals surface area contributed by atoms with Crippen molar-refractivity contribution >= 4 is 5.84 Å². The molecule has 0 spiro atoms. The van der Waals surface area contributed by atoms with Gasteiger partial charge in [0, 0.05) is 12.2 Å². The smallest absolute Gasteiger partial charge is 0.124 e. The summed E-state index contributed by atoms with van der Waals surface area (Å²) in [5.74, 6) is 0.863. The first-order valence-corrected chi connectivity index (χ1v) is 6.86. The van der Waals surface area contributed by atoms with E-state index in [0.717, 1.165) is 18.1 Å². The lowest BCUT2D eigenvalue weighted by Crippen LogP contribution is -2.41. The number of nitrogens with one attached hydrogen (secondary N) is 1. The highest BCUT2D eigenvalue weighted by Gasteiger charge is 2.13. The zero-order valence-corrected chi connectivity index (χ0v) is 12.2. The largest absolute Gasteiger partial charge is 0.358 e. The number of hydrogen-bond donors (Lipinski definition) is 1. The Labute approximate surface area is 120 Å². The second-order valence-electron chi connectivity index (χ2n) is 5.15. The summed E-state index contributed by atoms with van der Waals surface area (Å²) in [6, 6.07) is 10.3. The molecule has 1 aliphatic heterocycles. The normalized spacial score (nSPS) is 17.9. The number of nitriles is 1. The second kappa shape index (κ2) is 6.25. The Morgan fingerprint density at radius 2 is 2.05 bits per heavy atom. The van der Waals surface area contributed by atoms with Crippen LogP contribution >= 0.6 is 0 Å². The van der Waals surface area contributed by atoms with E-state index in [1.807, 2.05) is 37.3 Å². The zero-order valence-electron chi connectivity index (χ0n) is 12.2. The summed E-state index contributed by atoms with van der Waals surface area (Å²) in [6.45, 7) is 7.08. The van der Waals surface area contributed by atoms with Crippen molar-refractivity contribution in [2.75, 3.05) is 6.67 Å². The van der Waals surface area contributed by atoms with Crippen molar-refractivity contribution in [3.63, 3.8) is 0 Å². The maximum Gasteiger partial charge on any atom is 0.124 e. The van der Waals surface area contributed by atoms with E-state index in [0.29, 0.717) is 11.6 Å². The van der Waals surface area contributed by atoms with Crippen LogP contribution in [0.3, 0.4) is 0 Å². The van der Waals surface area contributed by atoms with Crippen molar-refractivity contribution in [3.05, 3.63) is 47.7 Å². The van der Waals surface area contributed by atoms with Gasteiger partial charge in [0.05, 0.1) is 24.3 Å². The Kier molecular flexibility index (Phi) is 4.41. The average molecular weight is 268 g/mol. The molecule has 1 N–H and O–H groups in total. The van der Waals surface area contributed by atoms with Crippen LogP contribution in [0.5, 0.6) is 0 Å². The van der Waals surface area contributed by atoms with E-state index in [4.69, 9.17) is 5.26 Å². The number of rotatable bonds is 3. The Morgan fingerprint density at radius 3 is 2.65 bits per heavy atom. The van der Waals surface area contributed by atoms with Crippen LogP contribution in [0.15, 0.2) is 41.5 Å². The summed E-state index contributed by atoms with van der Waals surface area (Å²) in [4.78, 5) is 6.85. The average Bonchev–Trinajstić information content (AvgIpc) is 2.47. The number of amidine groups is 1. The molecular formula is C16H20N4. The molecule has 2 rings (SSSR count). The molecule has 4 nitrogen and oxygen atoms in total. The number of nitrogens with zero attached hydrogens (tertiary/aromatic N) is 3. The Morgan fingerprint density at radius 1 is 1.30 bits per heavy atom. The summed E-state index contributed by atoms with van der Waals surface area (Å²) < 4.78 is 0. The van der Waals surface area contributed by atoms with E-state index < -0.39 is 0 Å². The standard InChI is InChI=1S/C16H20N4/c1-12(2)20-9-8-16(18-11-20)19-13(3)15-7-5-4-6-14(15)10-17/h4-9,12-13H,11H2,1-3H3,(H,18,19)/t13-/m0/s1. The summed E-state index contributed by atoms with van der Waals surface area (Å²) in [7, 11) is 0. The van der Waals surface area contributed by atoms with Gasteiger partial charge in [-0.2, -0.15) is 5.26 Å². The maximum absolute atomic E-state index is 9.13. The van der Waals surface area contributed by atoms with E-state index in [1.165, 1.54) is 0 Å². The minimum Gasteiger partial charge on any atom is -0.358 e. The third-order valence-corrected chi connectivity index (χ3v) is 3.39. The molecule has 0 unspecified atom stereocenters. The van der Waals surface area contributed by atoms with Crippen molar-refractivity contribution in [2.24, 2.45) is 4.99 Å². The van der Waals surface area contributed by atoms with E-state index in [1.54, 1.807) is 0 Å². The van der Waals surface area contributed by atoms with Crippen LogP contribution in [0.25, 0.3) is 0 Å². The zero-order chi connectivity index (χ0) is 14.5. The Bertz CT molecular complexity index is 566. The molecule has 20 heavy (non-hydrogen) atoms. The predicted octanol–water partition coefficient (Wildman–Crippen LogP) is 2.80. The minimum absolute atomic E-state index is 0.0383. The molecule has 1 heterocycles. The Hall–Kier alpha value is -2.28. The second-order valence-corrected chi connectivity index (χ2v) is 5.15. The van der Waals surface area contributed by atoms with Gasteiger partial charge < -0.3 is 10.2 Å². The maximum atomic E-state index is 9.13. The van der Waals surface area contributed by atoms with Gasteiger partial charge in [-0.25, -0.2) is 0 Å². The molecule has 0 bridgehead atoms. The SMILES string of the molecule is CC(C)N1C=CC(=N[C@@H](C)c2ccccc2C#N)NC1. The van der Waals surface area contributed by atoms with Crippen LogP contribution in [-0.4, -0.2) is 23.4 Å². The minimum atomic E-state index is -0.0383. The first-order valence-electron chi connectivity index (χ1n) is 6.86. The van der Waals surface area contributed by atoms with Crippen LogP contribution in [-0.2, 0) is 0 Å². The number of aliphatic imine (C=N–C) groups is 1. The van der Waals surface area contributed by atoms with Crippen LogP contribution in [0, 0.1) is 11.3 Å². The van der Waals surface area contributed by atoms with Crippen molar-refractivity contribution in [3.8, 4) is 6.07 Å². The monoisotopic (exact) mass is 268 g/mol. The molecule has 104 valence electrons. The summed E-state index contributed by atoms with van der Waals surface area (Å²) in [6.07, 6.45) is 4.04. The van der Waals surface area contributed by atoms with E-state index in [-0.39, 0.29) is 6.04 Å². The fourth-order valence-electron chi connectivity index (χ4n) is 2.13. The van der Waals surface area contributed by atoms with Crippen LogP contribution in [0.2, 0.25) is 0 Å². The van der Waals surface area contributed by atoms with Crippen LogP contribution in [0.4, 0.5) is 0 Å². The highest BCUT2D eigenvalue weighted by molar-refractivity contribution is 5.93. The fraction of sp³-hybridized carbons (Fsp3) is 0.375. The molecule has 0 amide bonds. The van der Waals surface area contributed by atoms with Crippen molar-refractivity contribution < 1.29 is 0 Å². The van der Waals surface area contributed by atoms with Gasteiger partial charge in [-0.1, -0.05) is 18.2 Å². The van der Waals surface area contributed by atoms with E-state index >= 15 is 0 Å². The molecule has 1 atom stereocenters. The van der Waals surface area contributed by atoms with Crippen molar-refractivity contribution in [1.82, 2.24) is 10.2 Å². The Balaban J connectivity index is 2.16. The lowest BCUT2D eigenvalue weighted by Gasteiger charge is -2.29. The molecule has 0 saturated heterocycles. The molecule has 0 aliphatic carbocycles. The molecule has 0 radical (unpaired) electrons.